The first kappa shape index (κ1) is 19.0. The third kappa shape index (κ3) is 3.56. The van der Waals surface area contributed by atoms with Gasteiger partial charge in [0.05, 0.1) is 0 Å². The van der Waals surface area contributed by atoms with Crippen molar-refractivity contribution in [3.05, 3.63) is 0 Å². The van der Waals surface area contributed by atoms with E-state index in [9.17, 15) is 43.2 Å². The Hall–Kier alpha value is 0.0200. The van der Waals surface area contributed by atoms with Crippen molar-refractivity contribution in [3.63, 3.8) is 0 Å². The second-order valence-electron chi connectivity index (χ2n) is 2.70. The maximum atomic E-state index is 12.6. The molecule has 0 aromatic heterocycles. The van der Waals surface area contributed by atoms with E-state index in [-0.39, 0.29) is 0 Å². The predicted octanol–water partition coefficient (Wildman–Crippen LogP) is 1.92. The molecule has 0 aliphatic carbocycles. The van der Waals surface area contributed by atoms with Gasteiger partial charge in [-0.05, 0) is 0 Å². The summed E-state index contributed by atoms with van der Waals surface area (Å²) in [7, 11) is -13.5. The second kappa shape index (κ2) is 5.42. The number of halogens is 8. The molecule has 0 radical (unpaired) electrons. The molecule has 0 spiro atoms. The molecule has 2 atom stereocenters. The second-order valence-corrected chi connectivity index (χ2v) is 6.92. The Morgan fingerprint density at radius 1 is 0.789 bits per heavy atom. The fourth-order valence-corrected chi connectivity index (χ4v) is 3.19. The average molecular weight is 379 g/mol. The first-order valence-electron chi connectivity index (χ1n) is 3.61. The molecular formula is C4H2Cl2F6O5S2. The minimum Gasteiger partial charge on any atom is -0.222 e. The minimum atomic E-state index is -6.77. The van der Waals surface area contributed by atoms with Crippen molar-refractivity contribution in [2.24, 2.45) is 0 Å². The van der Waals surface area contributed by atoms with E-state index in [2.05, 4.69) is 26.8 Å². The molecule has 0 N–H and O–H groups in total. The number of rotatable bonds is 6. The highest BCUT2D eigenvalue weighted by Gasteiger charge is 2.62. The SMILES string of the molecule is O=S(=O)(OS(=O)(=O)C(F)(F)C(F)Cl)C(F)(F)C(F)Cl. The molecular weight excluding hydrogens is 377 g/mol. The van der Waals surface area contributed by atoms with Crippen LogP contribution in [0, 0.1) is 0 Å². The number of alkyl halides is 8. The summed E-state index contributed by atoms with van der Waals surface area (Å²) in [5.41, 5.74) is -8.00. The van der Waals surface area contributed by atoms with Gasteiger partial charge in [0, 0.05) is 0 Å². The highest BCUT2D eigenvalue weighted by atomic mass is 35.5. The van der Waals surface area contributed by atoms with Crippen LogP contribution in [0.2, 0.25) is 0 Å². The zero-order chi connectivity index (χ0) is 15.9. The van der Waals surface area contributed by atoms with E-state index in [0.29, 0.717) is 0 Å². The molecule has 0 bridgehead atoms. The molecule has 0 aromatic carbocycles. The van der Waals surface area contributed by atoms with E-state index in [0.717, 1.165) is 0 Å². The Balaban J connectivity index is 5.62. The molecule has 0 rings (SSSR count). The summed E-state index contributed by atoms with van der Waals surface area (Å²) in [6.07, 6.45) is 0. The Morgan fingerprint density at radius 3 is 1.16 bits per heavy atom. The van der Waals surface area contributed by atoms with Gasteiger partial charge in [0.25, 0.3) is 11.3 Å². The van der Waals surface area contributed by atoms with Gasteiger partial charge in [0.1, 0.15) is 0 Å². The van der Waals surface area contributed by atoms with Crippen LogP contribution in [0.3, 0.4) is 0 Å². The van der Waals surface area contributed by atoms with Crippen molar-refractivity contribution in [3.8, 4) is 0 Å². The topological polar surface area (TPSA) is 77.5 Å². The van der Waals surface area contributed by atoms with Gasteiger partial charge in [-0.15, -0.1) is 3.63 Å². The summed E-state index contributed by atoms with van der Waals surface area (Å²) < 4.78 is 119. The zero-order valence-electron chi connectivity index (χ0n) is 8.04. The average Bonchev–Trinajstić information content (AvgIpc) is 2.14. The van der Waals surface area contributed by atoms with Gasteiger partial charge < -0.3 is 0 Å². The summed E-state index contributed by atoms with van der Waals surface area (Å²) in [6, 6.07) is 0. The van der Waals surface area contributed by atoms with Crippen LogP contribution in [0.25, 0.3) is 0 Å². The lowest BCUT2D eigenvalue weighted by Gasteiger charge is -2.19. The summed E-state index contributed by atoms with van der Waals surface area (Å²) in [5.74, 6) is 0. The number of hydrogen-bond acceptors (Lipinski definition) is 5. The van der Waals surface area contributed by atoms with Crippen molar-refractivity contribution in [2.45, 2.75) is 21.8 Å². The fourth-order valence-electron chi connectivity index (χ4n) is 0.427. The lowest BCUT2D eigenvalue weighted by Crippen LogP contribution is -2.44. The van der Waals surface area contributed by atoms with E-state index in [4.69, 9.17) is 0 Å². The molecule has 0 heterocycles. The normalized spacial score (nSPS) is 18.1. The molecule has 0 aliphatic heterocycles. The Morgan fingerprint density at radius 2 is 1.00 bits per heavy atom. The Labute approximate surface area is 112 Å². The van der Waals surface area contributed by atoms with Crippen LogP contribution >= 0.6 is 23.2 Å². The highest BCUT2D eigenvalue weighted by molar-refractivity contribution is 8.01. The molecule has 0 saturated heterocycles. The van der Waals surface area contributed by atoms with E-state index in [1.807, 2.05) is 0 Å². The molecule has 0 aromatic rings. The van der Waals surface area contributed by atoms with Gasteiger partial charge in [-0.25, -0.2) is 8.78 Å². The van der Waals surface area contributed by atoms with Crippen LogP contribution in [-0.2, 0) is 23.9 Å². The highest BCUT2D eigenvalue weighted by Crippen LogP contribution is 2.38. The summed E-state index contributed by atoms with van der Waals surface area (Å²) in [5, 5.41) is -11.3. The molecule has 2 unspecified atom stereocenters. The third-order valence-corrected chi connectivity index (χ3v) is 5.34. The van der Waals surface area contributed by atoms with E-state index in [1.54, 1.807) is 0 Å². The van der Waals surface area contributed by atoms with Gasteiger partial charge >= 0.3 is 30.7 Å². The van der Waals surface area contributed by atoms with Crippen molar-refractivity contribution in [1.82, 2.24) is 0 Å². The molecule has 0 saturated carbocycles. The summed E-state index contributed by atoms with van der Waals surface area (Å²) in [6.45, 7) is 0. The van der Waals surface area contributed by atoms with E-state index >= 15 is 0 Å². The zero-order valence-corrected chi connectivity index (χ0v) is 11.2. The fraction of sp³-hybridized carbons (Fsp3) is 1.00. The van der Waals surface area contributed by atoms with Crippen LogP contribution < -0.4 is 0 Å². The standard InChI is InChI=1S/C4H2Cl2F6O5S2/c5-1(7)3(9,10)18(13,14)17-19(15,16)4(11,12)2(6)8/h1-2H. The molecule has 15 heteroatoms. The molecule has 116 valence electrons. The van der Waals surface area contributed by atoms with Crippen molar-refractivity contribution >= 4 is 43.4 Å². The quantitative estimate of drug-likeness (QED) is 0.521. The van der Waals surface area contributed by atoms with Crippen LogP contribution in [0.1, 0.15) is 0 Å². The number of hydrogen-bond donors (Lipinski definition) is 0. The van der Waals surface area contributed by atoms with Crippen molar-refractivity contribution in [1.29, 1.82) is 0 Å². The maximum Gasteiger partial charge on any atom is 0.415 e. The molecule has 0 fully saturated rings. The largest absolute Gasteiger partial charge is 0.415 e. The lowest BCUT2D eigenvalue weighted by molar-refractivity contribution is 0.0248. The summed E-state index contributed by atoms with van der Waals surface area (Å²) in [4.78, 5) is 0. The maximum absolute atomic E-state index is 12.6. The van der Waals surface area contributed by atoms with E-state index < -0.39 is 42.0 Å². The molecule has 0 aliphatic rings. The molecule has 5 nitrogen and oxygen atoms in total. The Kier molecular flexibility index (Phi) is 5.43. The van der Waals surface area contributed by atoms with Gasteiger partial charge in [-0.2, -0.15) is 34.4 Å². The van der Waals surface area contributed by atoms with Crippen molar-refractivity contribution < 1.29 is 46.8 Å². The van der Waals surface area contributed by atoms with E-state index in [1.165, 1.54) is 0 Å². The van der Waals surface area contributed by atoms with Crippen LogP contribution in [-0.4, -0.2) is 38.6 Å². The predicted molar refractivity (Wildman–Crippen MR) is 50.3 cm³/mol. The molecule has 19 heavy (non-hydrogen) atoms. The van der Waals surface area contributed by atoms with Gasteiger partial charge in [-0.3, -0.25) is 0 Å². The van der Waals surface area contributed by atoms with Crippen molar-refractivity contribution in [2.75, 3.05) is 0 Å². The van der Waals surface area contributed by atoms with Crippen LogP contribution in [0.5, 0.6) is 0 Å². The minimum absolute atomic E-state index is 2.47. The lowest BCUT2D eigenvalue weighted by atomic mass is 10.8. The summed E-state index contributed by atoms with van der Waals surface area (Å²) >= 11 is 8.20. The van der Waals surface area contributed by atoms with Crippen LogP contribution in [0.15, 0.2) is 0 Å². The first-order chi connectivity index (χ1) is 8.09. The monoisotopic (exact) mass is 378 g/mol. The Bertz CT molecular complexity index is 480. The first-order valence-corrected chi connectivity index (χ1v) is 7.30. The van der Waals surface area contributed by atoms with Gasteiger partial charge in [-0.1, -0.05) is 23.2 Å². The smallest absolute Gasteiger partial charge is 0.222 e. The van der Waals surface area contributed by atoms with Gasteiger partial charge in [0.2, 0.25) is 0 Å². The third-order valence-electron chi connectivity index (χ3n) is 1.35. The molecule has 0 amide bonds. The van der Waals surface area contributed by atoms with Crippen LogP contribution in [0.4, 0.5) is 26.3 Å². The van der Waals surface area contributed by atoms with Gasteiger partial charge in [0.15, 0.2) is 0 Å².